The summed E-state index contributed by atoms with van der Waals surface area (Å²) in [5.41, 5.74) is 5.37. The van der Waals surface area contributed by atoms with Gasteiger partial charge >= 0.3 is 0 Å². The summed E-state index contributed by atoms with van der Waals surface area (Å²) in [4.78, 5) is 0. The monoisotopic (exact) mass is 340 g/mol. The van der Waals surface area contributed by atoms with Crippen LogP contribution in [0.25, 0.3) is 21.9 Å². The molecule has 0 N–H and O–H groups in total. The van der Waals surface area contributed by atoms with Gasteiger partial charge in [0.2, 0.25) is 0 Å². The second-order valence-electron chi connectivity index (χ2n) is 6.45. The summed E-state index contributed by atoms with van der Waals surface area (Å²) >= 11 is 0. The Bertz CT molecular complexity index is 994. The summed E-state index contributed by atoms with van der Waals surface area (Å²) in [6, 6.07) is 33.1. The fourth-order valence-electron chi connectivity index (χ4n) is 3.27. The molecule has 4 aromatic carbocycles. The van der Waals surface area contributed by atoms with E-state index in [0.717, 1.165) is 14.7 Å². The van der Waals surface area contributed by atoms with Crippen LogP contribution in [0.1, 0.15) is 11.1 Å². The van der Waals surface area contributed by atoms with E-state index in [0.29, 0.717) is 0 Å². The quantitative estimate of drug-likeness (QED) is 0.381. The van der Waals surface area contributed by atoms with Crippen molar-refractivity contribution in [2.24, 2.45) is 0 Å². The minimum absolute atomic E-state index is 0.814. The molecule has 0 aliphatic heterocycles. The van der Waals surface area contributed by atoms with Gasteiger partial charge in [0.1, 0.15) is 0 Å². The molecule has 0 heterocycles. The maximum Gasteiger partial charge on any atom is -0.00601 e. The number of hydrogen-bond acceptors (Lipinski definition) is 0. The van der Waals surface area contributed by atoms with Gasteiger partial charge in [-0.25, -0.2) is 0 Å². The highest BCUT2D eigenvalue weighted by atomic mass is 31.1. The molecule has 0 fully saturated rings. The molecule has 1 heteroatoms. The first-order chi connectivity index (χ1) is 12.3. The van der Waals surface area contributed by atoms with E-state index < -0.39 is 0 Å². The summed E-state index contributed by atoms with van der Waals surface area (Å²) < 4.78 is 0. The highest BCUT2D eigenvalue weighted by Gasteiger charge is 2.03. The van der Waals surface area contributed by atoms with Gasteiger partial charge in [-0.3, -0.25) is 0 Å². The standard InChI is InChI=1S/C24H21P/c1-18-6-4-7-19(16-18)17-25-22-14-12-21(13-15-22)24-11-5-9-20-8-2-3-10-23(20)24/h2-16,25H,17H2,1H3. The molecule has 0 nitrogen and oxygen atoms in total. The second kappa shape index (κ2) is 7.21. The molecule has 122 valence electrons. The van der Waals surface area contributed by atoms with E-state index in [4.69, 9.17) is 0 Å². The molecule has 0 radical (unpaired) electrons. The van der Waals surface area contributed by atoms with Gasteiger partial charge in [0.15, 0.2) is 0 Å². The molecule has 0 saturated heterocycles. The molecule has 0 saturated carbocycles. The van der Waals surface area contributed by atoms with Crippen LogP contribution < -0.4 is 5.30 Å². The van der Waals surface area contributed by atoms with Crippen molar-refractivity contribution in [3.05, 3.63) is 102 Å². The van der Waals surface area contributed by atoms with Gasteiger partial charge in [-0.15, -0.1) is 0 Å². The Hall–Kier alpha value is -2.43. The van der Waals surface area contributed by atoms with Crippen molar-refractivity contribution in [3.63, 3.8) is 0 Å². The zero-order valence-corrected chi connectivity index (χ0v) is 15.4. The molecule has 4 aromatic rings. The summed E-state index contributed by atoms with van der Waals surface area (Å²) in [6.45, 7) is 2.16. The van der Waals surface area contributed by atoms with Crippen LogP contribution in [0.3, 0.4) is 0 Å². The van der Waals surface area contributed by atoms with Crippen LogP contribution in [-0.2, 0) is 6.16 Å². The molecule has 0 amide bonds. The van der Waals surface area contributed by atoms with Crippen molar-refractivity contribution in [2.45, 2.75) is 13.1 Å². The first kappa shape index (κ1) is 16.1. The molecule has 1 unspecified atom stereocenters. The third-order valence-corrected chi connectivity index (χ3v) is 5.89. The molecule has 0 aliphatic carbocycles. The molecule has 1 atom stereocenters. The smallest absolute Gasteiger partial charge is 0.00601 e. The lowest BCUT2D eigenvalue weighted by molar-refractivity contribution is 1.35. The summed E-state index contributed by atoms with van der Waals surface area (Å²) in [5, 5.41) is 4.04. The van der Waals surface area contributed by atoms with Gasteiger partial charge in [-0.1, -0.05) is 105 Å². The van der Waals surface area contributed by atoms with E-state index in [2.05, 4.69) is 97.9 Å². The van der Waals surface area contributed by atoms with Crippen molar-refractivity contribution >= 4 is 24.7 Å². The van der Waals surface area contributed by atoms with Crippen molar-refractivity contribution in [1.82, 2.24) is 0 Å². The average Bonchev–Trinajstić information content (AvgIpc) is 2.66. The number of benzene rings is 4. The highest BCUT2D eigenvalue weighted by Crippen LogP contribution is 2.29. The molecular formula is C24H21P. The maximum absolute atomic E-state index is 2.29. The fraction of sp³-hybridized carbons (Fsp3) is 0.0833. The summed E-state index contributed by atoms with van der Waals surface area (Å²) in [6.07, 6.45) is 1.12. The fourth-order valence-corrected chi connectivity index (χ4v) is 4.30. The van der Waals surface area contributed by atoms with Crippen molar-refractivity contribution in [2.75, 3.05) is 0 Å². The van der Waals surface area contributed by atoms with Crippen LogP contribution in [0.5, 0.6) is 0 Å². The number of hydrogen-bond donors (Lipinski definition) is 0. The van der Waals surface area contributed by atoms with Gasteiger partial charge in [-0.05, 0) is 45.9 Å². The first-order valence-electron chi connectivity index (χ1n) is 8.67. The number of fused-ring (bicyclic) bond motifs is 1. The largest absolute Gasteiger partial charge is 0.0859 e. The van der Waals surface area contributed by atoms with Gasteiger partial charge in [0.25, 0.3) is 0 Å². The summed E-state index contributed by atoms with van der Waals surface area (Å²) in [5.74, 6) is 0. The van der Waals surface area contributed by atoms with Crippen molar-refractivity contribution < 1.29 is 0 Å². The molecule has 4 rings (SSSR count). The third-order valence-electron chi connectivity index (χ3n) is 4.56. The van der Waals surface area contributed by atoms with E-state index in [1.807, 2.05) is 0 Å². The Morgan fingerprint density at radius 3 is 2.32 bits per heavy atom. The molecule has 0 aromatic heterocycles. The Balaban J connectivity index is 1.55. The molecule has 25 heavy (non-hydrogen) atoms. The SMILES string of the molecule is Cc1cccc(CPc2ccc(-c3cccc4ccccc34)cc2)c1. The number of aryl methyl sites for hydroxylation is 1. The topological polar surface area (TPSA) is 0 Å². The van der Waals surface area contributed by atoms with E-state index in [-0.39, 0.29) is 0 Å². The van der Waals surface area contributed by atoms with E-state index >= 15 is 0 Å². The normalized spacial score (nSPS) is 11.4. The zero-order valence-electron chi connectivity index (χ0n) is 14.4. The van der Waals surface area contributed by atoms with Gasteiger partial charge in [-0.2, -0.15) is 0 Å². The van der Waals surface area contributed by atoms with Crippen LogP contribution in [0, 0.1) is 6.92 Å². The minimum atomic E-state index is 0.814. The molecule has 0 bridgehead atoms. The van der Waals surface area contributed by atoms with Crippen LogP contribution in [-0.4, -0.2) is 0 Å². The van der Waals surface area contributed by atoms with Gasteiger partial charge < -0.3 is 0 Å². The third kappa shape index (κ3) is 3.65. The second-order valence-corrected chi connectivity index (χ2v) is 7.73. The predicted octanol–water partition coefficient (Wildman–Crippen LogP) is 6.32. The maximum atomic E-state index is 2.29. The Labute approximate surface area is 151 Å². The van der Waals surface area contributed by atoms with Crippen LogP contribution >= 0.6 is 8.58 Å². The molecule has 0 spiro atoms. The van der Waals surface area contributed by atoms with Gasteiger partial charge in [0, 0.05) is 0 Å². The van der Waals surface area contributed by atoms with Crippen molar-refractivity contribution in [1.29, 1.82) is 0 Å². The Morgan fingerprint density at radius 2 is 1.48 bits per heavy atom. The van der Waals surface area contributed by atoms with E-state index in [1.54, 1.807) is 0 Å². The van der Waals surface area contributed by atoms with E-state index in [9.17, 15) is 0 Å². The predicted molar refractivity (Wildman–Crippen MR) is 112 cm³/mol. The van der Waals surface area contributed by atoms with Gasteiger partial charge in [0.05, 0.1) is 0 Å². The lowest BCUT2D eigenvalue weighted by Gasteiger charge is -2.08. The lowest BCUT2D eigenvalue weighted by Crippen LogP contribution is -1.94. The van der Waals surface area contributed by atoms with Crippen LogP contribution in [0.4, 0.5) is 0 Å². The van der Waals surface area contributed by atoms with E-state index in [1.165, 1.54) is 38.3 Å². The minimum Gasteiger partial charge on any atom is -0.0859 e. The highest BCUT2D eigenvalue weighted by molar-refractivity contribution is 7.46. The molecular weight excluding hydrogens is 319 g/mol. The zero-order chi connectivity index (χ0) is 17.1. The Kier molecular flexibility index (Phi) is 4.63. The average molecular weight is 340 g/mol. The lowest BCUT2D eigenvalue weighted by atomic mass is 9.98. The number of rotatable bonds is 4. The van der Waals surface area contributed by atoms with Crippen molar-refractivity contribution in [3.8, 4) is 11.1 Å². The Morgan fingerprint density at radius 1 is 0.720 bits per heavy atom. The summed E-state index contributed by atoms with van der Waals surface area (Å²) in [7, 11) is 0.814. The molecule has 0 aliphatic rings. The van der Waals surface area contributed by atoms with Crippen LogP contribution in [0.2, 0.25) is 0 Å². The van der Waals surface area contributed by atoms with Crippen LogP contribution in [0.15, 0.2) is 91.0 Å². The first-order valence-corrected chi connectivity index (χ1v) is 9.88.